The normalized spacial score (nSPS) is 24.5. The Morgan fingerprint density at radius 3 is 2.76 bits per heavy atom. The van der Waals surface area contributed by atoms with Crippen molar-refractivity contribution in [1.29, 1.82) is 0 Å². The molecule has 0 unspecified atom stereocenters. The topological polar surface area (TPSA) is 68.1 Å². The third-order valence-corrected chi connectivity index (χ3v) is 5.37. The molecule has 3 N–H and O–H groups in total. The molecule has 0 saturated heterocycles. The molecule has 0 bridgehead atoms. The average Bonchev–Trinajstić information content (AvgIpc) is 2.55. The van der Waals surface area contributed by atoms with E-state index in [2.05, 4.69) is 11.6 Å². The number of aromatic amines is 1. The van der Waals surface area contributed by atoms with Crippen LogP contribution < -0.4 is 16.0 Å². The molecule has 1 aliphatic carbocycles. The largest absolute Gasteiger partial charge is 0.489 e. The van der Waals surface area contributed by atoms with Gasteiger partial charge in [0.25, 0.3) is 5.56 Å². The summed E-state index contributed by atoms with van der Waals surface area (Å²) in [6, 6.07) is 5.40. The molecular weight excluding hydrogens is 336 g/mol. The maximum Gasteiger partial charge on any atom is 0.255 e. The van der Waals surface area contributed by atoms with Crippen LogP contribution in [-0.4, -0.2) is 16.6 Å². The molecule has 3 rings (SSSR count). The van der Waals surface area contributed by atoms with E-state index in [9.17, 15) is 4.79 Å². The van der Waals surface area contributed by atoms with Gasteiger partial charge in [-0.05, 0) is 68.5 Å². The molecule has 0 spiro atoms. The Labute approximate surface area is 153 Å². The van der Waals surface area contributed by atoms with Crippen LogP contribution >= 0.6 is 11.6 Å². The van der Waals surface area contributed by atoms with Gasteiger partial charge in [0.1, 0.15) is 5.75 Å². The molecule has 1 saturated carbocycles. The van der Waals surface area contributed by atoms with E-state index in [0.29, 0.717) is 16.2 Å². The van der Waals surface area contributed by atoms with Crippen LogP contribution in [0.2, 0.25) is 5.02 Å². The van der Waals surface area contributed by atoms with Crippen LogP contribution in [0.1, 0.15) is 44.9 Å². The molecular formula is C20H25ClN2O2. The Morgan fingerprint density at radius 2 is 2.08 bits per heavy atom. The molecule has 5 heteroatoms. The van der Waals surface area contributed by atoms with Crippen LogP contribution in [0.15, 0.2) is 41.8 Å². The minimum absolute atomic E-state index is 0.117. The first-order valence-corrected chi connectivity index (χ1v) is 9.26. The molecule has 0 radical (unpaired) electrons. The van der Waals surface area contributed by atoms with Gasteiger partial charge in [0.15, 0.2) is 0 Å². The van der Waals surface area contributed by atoms with Gasteiger partial charge in [-0.2, -0.15) is 0 Å². The Balaban J connectivity index is 1.72. The van der Waals surface area contributed by atoms with Crippen LogP contribution in [0.4, 0.5) is 0 Å². The number of aromatic nitrogens is 1. The van der Waals surface area contributed by atoms with Crippen molar-refractivity contribution in [1.82, 2.24) is 4.98 Å². The summed E-state index contributed by atoms with van der Waals surface area (Å²) in [6.45, 7) is 3.82. The molecule has 2 aromatic rings. The number of halogens is 1. The van der Waals surface area contributed by atoms with E-state index in [1.807, 2.05) is 18.2 Å². The lowest BCUT2D eigenvalue weighted by atomic mass is 9.82. The molecule has 1 aromatic heterocycles. The van der Waals surface area contributed by atoms with Crippen molar-refractivity contribution in [2.45, 2.75) is 56.6 Å². The molecule has 0 amide bonds. The number of H-pyrrole nitrogens is 1. The summed E-state index contributed by atoms with van der Waals surface area (Å²) >= 11 is 6.35. The van der Waals surface area contributed by atoms with E-state index in [-0.39, 0.29) is 17.2 Å². The van der Waals surface area contributed by atoms with Gasteiger partial charge in [-0.15, -0.1) is 6.58 Å². The minimum Gasteiger partial charge on any atom is -0.489 e. The molecule has 1 fully saturated rings. The maximum atomic E-state index is 11.9. The highest BCUT2D eigenvalue weighted by Gasteiger charge is 2.27. The number of benzene rings is 1. The van der Waals surface area contributed by atoms with Crippen LogP contribution in [-0.2, 0) is 0 Å². The van der Waals surface area contributed by atoms with E-state index in [1.165, 1.54) is 0 Å². The highest BCUT2D eigenvalue weighted by molar-refractivity contribution is 6.32. The Kier molecular flexibility index (Phi) is 5.50. The predicted molar refractivity (Wildman–Crippen MR) is 103 cm³/mol. The number of nitrogens with one attached hydrogen (secondary N) is 1. The quantitative estimate of drug-likeness (QED) is 0.785. The van der Waals surface area contributed by atoms with Gasteiger partial charge < -0.3 is 15.5 Å². The van der Waals surface area contributed by atoms with Crippen LogP contribution in [0.5, 0.6) is 5.75 Å². The van der Waals surface area contributed by atoms with Crippen molar-refractivity contribution in [3.05, 3.63) is 52.4 Å². The van der Waals surface area contributed by atoms with E-state index in [4.69, 9.17) is 22.1 Å². The molecule has 0 atom stereocenters. The second-order valence-electron chi connectivity index (χ2n) is 7.06. The molecule has 134 valence electrons. The monoisotopic (exact) mass is 360 g/mol. The number of ether oxygens (including phenoxy) is 1. The van der Waals surface area contributed by atoms with Crippen molar-refractivity contribution in [2.24, 2.45) is 5.73 Å². The lowest BCUT2D eigenvalue weighted by Gasteiger charge is -2.32. The first-order valence-electron chi connectivity index (χ1n) is 8.88. The third-order valence-electron chi connectivity index (χ3n) is 5.07. The summed E-state index contributed by atoms with van der Waals surface area (Å²) in [5.41, 5.74) is 6.21. The van der Waals surface area contributed by atoms with Gasteiger partial charge in [-0.1, -0.05) is 17.7 Å². The number of pyridine rings is 1. The second-order valence-corrected chi connectivity index (χ2v) is 7.46. The van der Waals surface area contributed by atoms with Crippen molar-refractivity contribution in [3.8, 4) is 5.75 Å². The van der Waals surface area contributed by atoms with Crippen LogP contribution in [0.3, 0.4) is 0 Å². The SMILES string of the molecule is C=CCC1(N)CCCC(Oc2cc3cc[nH]c(=O)c3cc2Cl)CCC1. The fourth-order valence-electron chi connectivity index (χ4n) is 3.70. The zero-order chi connectivity index (χ0) is 17.9. The van der Waals surface area contributed by atoms with Crippen molar-refractivity contribution in [2.75, 3.05) is 0 Å². The second kappa shape index (κ2) is 7.63. The van der Waals surface area contributed by atoms with E-state index < -0.39 is 0 Å². The van der Waals surface area contributed by atoms with E-state index >= 15 is 0 Å². The number of fused-ring (bicyclic) bond motifs is 1. The highest BCUT2D eigenvalue weighted by Crippen LogP contribution is 2.33. The lowest BCUT2D eigenvalue weighted by Crippen LogP contribution is -2.40. The number of hydrogen-bond acceptors (Lipinski definition) is 3. The predicted octanol–water partition coefficient (Wildman–Crippen LogP) is 4.56. The fraction of sp³-hybridized carbons (Fsp3) is 0.450. The zero-order valence-corrected chi connectivity index (χ0v) is 15.1. The summed E-state index contributed by atoms with van der Waals surface area (Å²) in [4.78, 5) is 14.5. The minimum atomic E-state index is -0.140. The van der Waals surface area contributed by atoms with Crippen molar-refractivity contribution >= 4 is 22.4 Å². The summed E-state index contributed by atoms with van der Waals surface area (Å²) < 4.78 is 6.19. The summed E-state index contributed by atoms with van der Waals surface area (Å²) in [7, 11) is 0. The maximum absolute atomic E-state index is 11.9. The van der Waals surface area contributed by atoms with Crippen molar-refractivity contribution in [3.63, 3.8) is 0 Å². The molecule has 1 heterocycles. The van der Waals surface area contributed by atoms with Gasteiger partial charge in [0.2, 0.25) is 0 Å². The van der Waals surface area contributed by atoms with Gasteiger partial charge in [-0.3, -0.25) is 4.79 Å². The smallest absolute Gasteiger partial charge is 0.255 e. The Morgan fingerprint density at radius 1 is 1.36 bits per heavy atom. The third kappa shape index (κ3) is 4.25. The Hall–Kier alpha value is -1.78. The lowest BCUT2D eigenvalue weighted by molar-refractivity contribution is 0.152. The van der Waals surface area contributed by atoms with Gasteiger partial charge in [0, 0.05) is 17.1 Å². The van der Waals surface area contributed by atoms with Crippen molar-refractivity contribution < 1.29 is 4.74 Å². The summed E-state index contributed by atoms with van der Waals surface area (Å²) in [5.74, 6) is 0.649. The summed E-state index contributed by atoms with van der Waals surface area (Å²) in [5, 5.41) is 1.89. The number of rotatable bonds is 4. The van der Waals surface area contributed by atoms with Gasteiger partial charge in [0.05, 0.1) is 11.1 Å². The fourth-order valence-corrected chi connectivity index (χ4v) is 3.91. The molecule has 25 heavy (non-hydrogen) atoms. The first-order chi connectivity index (χ1) is 12.0. The van der Waals surface area contributed by atoms with E-state index in [0.717, 1.165) is 50.3 Å². The van der Waals surface area contributed by atoms with Crippen LogP contribution in [0.25, 0.3) is 10.8 Å². The zero-order valence-electron chi connectivity index (χ0n) is 14.4. The van der Waals surface area contributed by atoms with E-state index in [1.54, 1.807) is 12.3 Å². The van der Waals surface area contributed by atoms with Crippen LogP contribution in [0, 0.1) is 0 Å². The first kappa shape index (κ1) is 18.0. The standard InChI is InChI=1S/C20H25ClN2O2/c1-2-8-20(22)9-3-5-15(6-4-10-20)25-18-12-14-7-11-23-19(24)16(14)13-17(18)21/h2,7,11-13,15H,1,3-6,8-10,22H2,(H,23,24). The summed E-state index contributed by atoms with van der Waals surface area (Å²) in [6.07, 6.45) is 10.5. The number of hydrogen-bond donors (Lipinski definition) is 2. The number of nitrogens with two attached hydrogens (primary N) is 1. The van der Waals surface area contributed by atoms with Gasteiger partial charge >= 0.3 is 0 Å². The average molecular weight is 361 g/mol. The van der Waals surface area contributed by atoms with Gasteiger partial charge in [-0.25, -0.2) is 0 Å². The molecule has 1 aliphatic rings. The Bertz CT molecular complexity index is 805. The highest BCUT2D eigenvalue weighted by atomic mass is 35.5. The molecule has 4 nitrogen and oxygen atoms in total. The molecule has 1 aromatic carbocycles. The molecule has 0 aliphatic heterocycles.